The Morgan fingerprint density at radius 1 is 1.30 bits per heavy atom. The van der Waals surface area contributed by atoms with Gasteiger partial charge in [0.1, 0.15) is 0 Å². The lowest BCUT2D eigenvalue weighted by Gasteiger charge is -2.11. The molecule has 2 rings (SSSR count). The van der Waals surface area contributed by atoms with Crippen LogP contribution in [0.25, 0.3) is 0 Å². The molecule has 1 saturated heterocycles. The first-order valence-corrected chi connectivity index (χ1v) is 8.33. The van der Waals surface area contributed by atoms with Gasteiger partial charge in [-0.25, -0.2) is 4.68 Å². The third kappa shape index (κ3) is 3.48. The maximum Gasteiger partial charge on any atom is 0.352 e. The van der Waals surface area contributed by atoms with Gasteiger partial charge in [0.25, 0.3) is 0 Å². The first kappa shape index (κ1) is 14.8. The number of aryl methyl sites for hydroxylation is 1. The lowest BCUT2D eigenvalue weighted by atomic mass is 10.4. The molecule has 9 nitrogen and oxygen atoms in total. The van der Waals surface area contributed by atoms with Gasteiger partial charge in [0.2, 0.25) is 11.8 Å². The average Bonchev–Trinajstić information content (AvgIpc) is 2.79. The minimum atomic E-state index is -3.69. The average molecular weight is 320 g/mol. The molecule has 11 heteroatoms. The van der Waals surface area contributed by atoms with Crippen LogP contribution in [0.15, 0.2) is 5.16 Å². The van der Waals surface area contributed by atoms with Crippen LogP contribution in [-0.4, -0.2) is 52.0 Å². The normalized spacial score (nSPS) is 16.0. The molecule has 0 saturated carbocycles. The first-order valence-electron chi connectivity index (χ1n) is 5.53. The number of thioether (sulfide) groups is 1. The molecule has 1 fully saturated rings. The van der Waals surface area contributed by atoms with Gasteiger partial charge in [0.15, 0.2) is 5.16 Å². The minimum absolute atomic E-state index is 0.114. The Morgan fingerprint density at radius 2 is 1.90 bits per heavy atom. The van der Waals surface area contributed by atoms with Gasteiger partial charge in [0.05, 0.1) is 12.1 Å². The van der Waals surface area contributed by atoms with Gasteiger partial charge in [-0.3, -0.25) is 14.5 Å². The third-order valence-corrected chi connectivity index (χ3v) is 3.86. The topological polar surface area (TPSA) is 111 Å². The summed E-state index contributed by atoms with van der Waals surface area (Å²) in [4.78, 5) is 27.9. The molecule has 1 aromatic rings. The van der Waals surface area contributed by atoms with Crippen molar-refractivity contribution in [2.45, 2.75) is 18.0 Å². The second-order valence-corrected chi connectivity index (χ2v) is 6.56. The zero-order valence-corrected chi connectivity index (χ0v) is 12.4. The molecule has 0 bridgehead atoms. The molecular weight excluding hydrogens is 308 g/mol. The highest BCUT2D eigenvalue weighted by molar-refractivity contribution is 7.99. The largest absolute Gasteiger partial charge is 0.352 e. The predicted molar refractivity (Wildman–Crippen MR) is 68.3 cm³/mol. The molecule has 0 unspecified atom stereocenters. The molecule has 0 aromatic carbocycles. The standard InChI is InChI=1S/C9H12N4O5S2/c1-12-9(10-8(11-12)18-20(2,16)17)19-5-13-6(14)3-4-7(13)15/h3-5H2,1-2H3. The molecule has 2 heterocycles. The quantitative estimate of drug-likeness (QED) is 0.400. The van der Waals surface area contributed by atoms with Crippen LogP contribution in [-0.2, 0) is 26.8 Å². The molecule has 0 radical (unpaired) electrons. The summed E-state index contributed by atoms with van der Waals surface area (Å²) in [7, 11) is -2.14. The lowest BCUT2D eigenvalue weighted by molar-refractivity contribution is -0.137. The Labute approximate surface area is 119 Å². The van der Waals surface area contributed by atoms with E-state index in [1.165, 1.54) is 4.68 Å². The van der Waals surface area contributed by atoms with Gasteiger partial charge in [-0.15, -0.1) is 5.10 Å². The predicted octanol–water partition coefficient (Wildman–Crippen LogP) is -0.648. The van der Waals surface area contributed by atoms with E-state index in [0.29, 0.717) is 5.16 Å². The summed E-state index contributed by atoms with van der Waals surface area (Å²) in [5, 5.41) is 4.12. The summed E-state index contributed by atoms with van der Waals surface area (Å²) in [5.41, 5.74) is 0. The van der Waals surface area contributed by atoms with Gasteiger partial charge in [-0.2, -0.15) is 13.4 Å². The number of imide groups is 1. The SMILES string of the molecule is Cn1nc(OS(C)(=O)=O)nc1SCN1C(=O)CCC1=O. The fraction of sp³-hybridized carbons (Fsp3) is 0.556. The van der Waals surface area contributed by atoms with Crippen molar-refractivity contribution < 1.29 is 22.2 Å². The van der Waals surface area contributed by atoms with E-state index in [2.05, 4.69) is 14.3 Å². The number of hydrogen-bond acceptors (Lipinski definition) is 8. The van der Waals surface area contributed by atoms with Crippen molar-refractivity contribution in [2.75, 3.05) is 12.1 Å². The molecule has 1 aliphatic rings. The van der Waals surface area contributed by atoms with Gasteiger partial charge in [-0.05, 0) is 0 Å². The zero-order chi connectivity index (χ0) is 14.9. The highest BCUT2D eigenvalue weighted by atomic mass is 32.2. The van der Waals surface area contributed by atoms with E-state index in [-0.39, 0.29) is 36.5 Å². The van der Waals surface area contributed by atoms with E-state index < -0.39 is 10.1 Å². The summed E-state index contributed by atoms with van der Waals surface area (Å²) < 4.78 is 27.8. The van der Waals surface area contributed by atoms with Crippen LogP contribution < -0.4 is 4.18 Å². The molecule has 0 N–H and O–H groups in total. The van der Waals surface area contributed by atoms with E-state index in [0.717, 1.165) is 22.9 Å². The van der Waals surface area contributed by atoms with Crippen LogP contribution in [0.5, 0.6) is 6.01 Å². The molecule has 0 spiro atoms. The Bertz CT molecular complexity index is 637. The fourth-order valence-corrected chi connectivity index (χ4v) is 2.78. The second kappa shape index (κ2) is 5.40. The molecule has 20 heavy (non-hydrogen) atoms. The van der Waals surface area contributed by atoms with Gasteiger partial charge in [-0.1, -0.05) is 11.8 Å². The molecule has 1 aliphatic heterocycles. The minimum Gasteiger partial charge on any atom is -0.342 e. The summed E-state index contributed by atoms with van der Waals surface area (Å²) in [5.74, 6) is -0.336. The first-order chi connectivity index (χ1) is 9.26. The van der Waals surface area contributed by atoms with Gasteiger partial charge >= 0.3 is 16.1 Å². The van der Waals surface area contributed by atoms with E-state index in [9.17, 15) is 18.0 Å². The highest BCUT2D eigenvalue weighted by Gasteiger charge is 2.29. The monoisotopic (exact) mass is 320 g/mol. The highest BCUT2D eigenvalue weighted by Crippen LogP contribution is 2.22. The number of amides is 2. The summed E-state index contributed by atoms with van der Waals surface area (Å²) in [6.07, 6.45) is 1.33. The summed E-state index contributed by atoms with van der Waals surface area (Å²) in [6, 6.07) is -0.295. The number of likely N-dealkylation sites (tertiary alicyclic amines) is 1. The molecule has 0 atom stereocenters. The Morgan fingerprint density at radius 3 is 2.45 bits per heavy atom. The maximum absolute atomic E-state index is 11.4. The lowest BCUT2D eigenvalue weighted by Crippen LogP contribution is -2.28. The number of carbonyl (C=O) groups excluding carboxylic acids is 2. The van der Waals surface area contributed by atoms with Crippen LogP contribution in [0.1, 0.15) is 12.8 Å². The smallest absolute Gasteiger partial charge is 0.342 e. The van der Waals surface area contributed by atoms with Crippen molar-refractivity contribution in [2.24, 2.45) is 7.05 Å². The molecule has 2 amide bonds. The molecule has 0 aliphatic carbocycles. The second-order valence-electron chi connectivity index (χ2n) is 4.08. The van der Waals surface area contributed by atoms with Gasteiger partial charge < -0.3 is 4.18 Å². The Kier molecular flexibility index (Phi) is 3.99. The van der Waals surface area contributed by atoms with E-state index >= 15 is 0 Å². The van der Waals surface area contributed by atoms with Crippen LogP contribution in [0.4, 0.5) is 0 Å². The van der Waals surface area contributed by atoms with Crippen molar-refractivity contribution in [1.82, 2.24) is 19.7 Å². The fourth-order valence-electron chi connectivity index (χ4n) is 1.53. The summed E-state index contributed by atoms with van der Waals surface area (Å²) in [6.45, 7) is 0. The third-order valence-electron chi connectivity index (χ3n) is 2.41. The molecular formula is C9H12N4O5S2. The van der Waals surface area contributed by atoms with Crippen LogP contribution in [0.2, 0.25) is 0 Å². The van der Waals surface area contributed by atoms with Crippen LogP contribution >= 0.6 is 11.8 Å². The van der Waals surface area contributed by atoms with Crippen molar-refractivity contribution in [3.8, 4) is 6.01 Å². The molecule has 110 valence electrons. The van der Waals surface area contributed by atoms with E-state index in [4.69, 9.17) is 0 Å². The van der Waals surface area contributed by atoms with Crippen molar-refractivity contribution in [1.29, 1.82) is 0 Å². The number of hydrogen-bond donors (Lipinski definition) is 0. The number of nitrogens with zero attached hydrogens (tertiary/aromatic N) is 4. The van der Waals surface area contributed by atoms with E-state index in [1.54, 1.807) is 7.05 Å². The van der Waals surface area contributed by atoms with E-state index in [1.807, 2.05) is 0 Å². The molecule has 1 aromatic heterocycles. The maximum atomic E-state index is 11.4. The zero-order valence-electron chi connectivity index (χ0n) is 10.8. The number of carbonyl (C=O) groups is 2. The number of aromatic nitrogens is 3. The van der Waals surface area contributed by atoms with Crippen molar-refractivity contribution >= 4 is 33.7 Å². The number of rotatable bonds is 5. The Hall–Kier alpha value is -1.62. The van der Waals surface area contributed by atoms with Crippen molar-refractivity contribution in [3.63, 3.8) is 0 Å². The van der Waals surface area contributed by atoms with Crippen LogP contribution in [0.3, 0.4) is 0 Å². The summed E-state index contributed by atoms with van der Waals surface area (Å²) >= 11 is 1.10. The van der Waals surface area contributed by atoms with Crippen LogP contribution in [0, 0.1) is 0 Å². The van der Waals surface area contributed by atoms with Crippen molar-refractivity contribution in [3.05, 3.63) is 0 Å². The Balaban J connectivity index is 2.03. The van der Waals surface area contributed by atoms with Gasteiger partial charge in [0, 0.05) is 19.9 Å².